The summed E-state index contributed by atoms with van der Waals surface area (Å²) in [4.78, 5) is 0. The fourth-order valence-electron chi connectivity index (χ4n) is 0.842. The van der Waals surface area contributed by atoms with Gasteiger partial charge in [-0.25, -0.2) is 5.84 Å². The van der Waals surface area contributed by atoms with Crippen LogP contribution in [0.3, 0.4) is 0 Å². The van der Waals surface area contributed by atoms with E-state index < -0.39 is 0 Å². The van der Waals surface area contributed by atoms with Crippen LogP contribution in [0.25, 0.3) is 0 Å². The molecule has 0 rings (SSSR count). The van der Waals surface area contributed by atoms with Crippen molar-refractivity contribution in [2.45, 2.75) is 20.8 Å². The molecule has 0 radical (unpaired) electrons. The fourth-order valence-corrected chi connectivity index (χ4v) is 0.842. The van der Waals surface area contributed by atoms with Gasteiger partial charge in [-0.15, -0.1) is 6.58 Å². The minimum Gasteiger partial charge on any atom is -0.402 e. The summed E-state index contributed by atoms with van der Waals surface area (Å²) in [6.45, 7) is 10.1. The maximum absolute atomic E-state index is 5.73. The molecule has 15 heavy (non-hydrogen) atoms. The van der Waals surface area contributed by atoms with E-state index in [0.29, 0.717) is 6.54 Å². The van der Waals surface area contributed by atoms with Crippen LogP contribution in [0, 0.1) is 0 Å². The van der Waals surface area contributed by atoms with Gasteiger partial charge < -0.3 is 10.7 Å². The van der Waals surface area contributed by atoms with E-state index >= 15 is 0 Å². The SMILES string of the molecule is C=CCN(N)/C(C)=C/C=C\C(C)=C(/C)N. The predicted octanol–water partition coefficient (Wildman–Crippen LogP) is 2.06. The zero-order chi connectivity index (χ0) is 11.8. The molecule has 0 aromatic heterocycles. The number of hydrazine groups is 1. The Hall–Kier alpha value is -1.48. The minimum atomic E-state index is 0.640. The summed E-state index contributed by atoms with van der Waals surface area (Å²) in [6, 6.07) is 0. The van der Waals surface area contributed by atoms with E-state index in [1.165, 1.54) is 0 Å². The smallest absolute Gasteiger partial charge is 0.0516 e. The molecule has 0 aromatic rings. The molecule has 0 bridgehead atoms. The van der Waals surface area contributed by atoms with Crippen molar-refractivity contribution in [3.05, 3.63) is 47.9 Å². The number of nitrogens with zero attached hydrogens (tertiary/aromatic N) is 1. The maximum Gasteiger partial charge on any atom is 0.0516 e. The van der Waals surface area contributed by atoms with Crippen molar-refractivity contribution in [2.24, 2.45) is 11.6 Å². The molecule has 0 heterocycles. The first-order valence-electron chi connectivity index (χ1n) is 4.90. The third-order valence-electron chi connectivity index (χ3n) is 2.08. The molecule has 0 spiro atoms. The maximum atomic E-state index is 5.73. The molecule has 84 valence electrons. The van der Waals surface area contributed by atoms with Gasteiger partial charge in [0.05, 0.1) is 6.54 Å². The molecule has 0 aliphatic rings. The fraction of sp³-hybridized carbons (Fsp3) is 0.333. The van der Waals surface area contributed by atoms with Gasteiger partial charge in [-0.1, -0.05) is 18.2 Å². The average Bonchev–Trinajstić information content (AvgIpc) is 2.17. The van der Waals surface area contributed by atoms with Crippen molar-refractivity contribution in [3.63, 3.8) is 0 Å². The summed E-state index contributed by atoms with van der Waals surface area (Å²) in [5.41, 5.74) is 8.49. The summed E-state index contributed by atoms with van der Waals surface area (Å²) in [6.07, 6.45) is 7.59. The van der Waals surface area contributed by atoms with Crippen LogP contribution in [-0.4, -0.2) is 11.6 Å². The molecule has 3 nitrogen and oxygen atoms in total. The van der Waals surface area contributed by atoms with Crippen molar-refractivity contribution in [1.82, 2.24) is 5.01 Å². The van der Waals surface area contributed by atoms with Crippen LogP contribution in [0.1, 0.15) is 20.8 Å². The first-order valence-corrected chi connectivity index (χ1v) is 4.90. The van der Waals surface area contributed by atoms with E-state index in [9.17, 15) is 0 Å². The van der Waals surface area contributed by atoms with Crippen molar-refractivity contribution in [1.29, 1.82) is 0 Å². The highest BCUT2D eigenvalue weighted by atomic mass is 15.4. The van der Waals surface area contributed by atoms with Crippen LogP contribution in [0.15, 0.2) is 47.9 Å². The molecule has 0 unspecified atom stereocenters. The normalized spacial score (nSPS) is 14.0. The van der Waals surface area contributed by atoms with Gasteiger partial charge >= 0.3 is 0 Å². The van der Waals surface area contributed by atoms with Crippen LogP contribution in [0.2, 0.25) is 0 Å². The summed E-state index contributed by atoms with van der Waals surface area (Å²) >= 11 is 0. The monoisotopic (exact) mass is 207 g/mol. The van der Waals surface area contributed by atoms with E-state index in [1.54, 1.807) is 11.1 Å². The Labute approximate surface area is 92.4 Å². The zero-order valence-electron chi connectivity index (χ0n) is 9.83. The molecule has 0 atom stereocenters. The van der Waals surface area contributed by atoms with E-state index in [4.69, 9.17) is 11.6 Å². The van der Waals surface area contributed by atoms with E-state index in [0.717, 1.165) is 17.0 Å². The van der Waals surface area contributed by atoms with E-state index in [1.807, 2.05) is 39.0 Å². The van der Waals surface area contributed by atoms with Crippen LogP contribution in [-0.2, 0) is 0 Å². The Morgan fingerprint density at radius 3 is 2.40 bits per heavy atom. The third kappa shape index (κ3) is 5.75. The first kappa shape index (κ1) is 13.5. The molecule has 3 heteroatoms. The summed E-state index contributed by atoms with van der Waals surface area (Å²) < 4.78 is 0. The quantitative estimate of drug-likeness (QED) is 0.314. The van der Waals surface area contributed by atoms with Gasteiger partial charge in [-0.05, 0) is 32.4 Å². The zero-order valence-corrected chi connectivity index (χ0v) is 9.83. The van der Waals surface area contributed by atoms with Gasteiger partial charge in [0.2, 0.25) is 0 Å². The summed E-state index contributed by atoms with van der Waals surface area (Å²) in [5.74, 6) is 5.73. The van der Waals surface area contributed by atoms with Gasteiger partial charge in [0, 0.05) is 11.4 Å². The second-order valence-corrected chi connectivity index (χ2v) is 3.47. The Balaban J connectivity index is 4.40. The Morgan fingerprint density at radius 2 is 1.93 bits per heavy atom. The van der Waals surface area contributed by atoms with Crippen LogP contribution < -0.4 is 11.6 Å². The first-order chi connectivity index (χ1) is 6.99. The standard InChI is InChI=1S/C12H21N3/c1-5-9-15(14)11(3)8-6-7-10(2)12(4)13/h5-8H,1,9,13-14H2,2-4H3/b7-6-,11-8+,12-10+. The van der Waals surface area contributed by atoms with Crippen LogP contribution in [0.5, 0.6) is 0 Å². The third-order valence-corrected chi connectivity index (χ3v) is 2.08. The second-order valence-electron chi connectivity index (χ2n) is 3.47. The van der Waals surface area contributed by atoms with Gasteiger partial charge in [0.15, 0.2) is 0 Å². The number of nitrogens with two attached hydrogens (primary N) is 2. The van der Waals surface area contributed by atoms with Crippen molar-refractivity contribution >= 4 is 0 Å². The van der Waals surface area contributed by atoms with Crippen LogP contribution >= 0.6 is 0 Å². The highest BCUT2D eigenvalue weighted by Gasteiger charge is 1.93. The van der Waals surface area contributed by atoms with Gasteiger partial charge in [0.25, 0.3) is 0 Å². The lowest BCUT2D eigenvalue weighted by molar-refractivity contribution is 0.400. The molecule has 4 N–H and O–H groups in total. The molecule has 0 aromatic carbocycles. The van der Waals surface area contributed by atoms with E-state index in [-0.39, 0.29) is 0 Å². The second kappa shape index (κ2) is 6.90. The van der Waals surface area contributed by atoms with Gasteiger partial charge in [-0.2, -0.15) is 0 Å². The molecular formula is C12H21N3. The Kier molecular flexibility index (Phi) is 6.22. The van der Waals surface area contributed by atoms with E-state index in [2.05, 4.69) is 6.58 Å². The molecule has 0 saturated carbocycles. The van der Waals surface area contributed by atoms with Crippen molar-refractivity contribution in [3.8, 4) is 0 Å². The molecule has 0 amide bonds. The summed E-state index contributed by atoms with van der Waals surface area (Å²) in [5, 5.41) is 1.63. The molecule has 0 fully saturated rings. The van der Waals surface area contributed by atoms with Crippen LogP contribution in [0.4, 0.5) is 0 Å². The van der Waals surface area contributed by atoms with Gasteiger partial charge in [-0.3, -0.25) is 0 Å². The number of hydrogen-bond donors (Lipinski definition) is 2. The lowest BCUT2D eigenvalue weighted by Crippen LogP contribution is -2.28. The molecule has 0 saturated heterocycles. The summed E-state index contributed by atoms with van der Waals surface area (Å²) in [7, 11) is 0. The average molecular weight is 207 g/mol. The Bertz CT molecular complexity index is 294. The highest BCUT2D eigenvalue weighted by molar-refractivity contribution is 5.24. The molecule has 0 aliphatic heterocycles. The minimum absolute atomic E-state index is 0.640. The topological polar surface area (TPSA) is 55.3 Å². The molecule has 0 aliphatic carbocycles. The lowest BCUT2D eigenvalue weighted by Gasteiger charge is -2.16. The predicted molar refractivity (Wildman–Crippen MR) is 66.5 cm³/mol. The largest absolute Gasteiger partial charge is 0.402 e. The number of hydrogen-bond acceptors (Lipinski definition) is 3. The number of rotatable bonds is 5. The van der Waals surface area contributed by atoms with Gasteiger partial charge in [0.1, 0.15) is 0 Å². The Morgan fingerprint density at radius 1 is 1.33 bits per heavy atom. The van der Waals surface area contributed by atoms with Crippen molar-refractivity contribution in [2.75, 3.05) is 6.54 Å². The lowest BCUT2D eigenvalue weighted by atomic mass is 10.2. The van der Waals surface area contributed by atoms with Crippen molar-refractivity contribution < 1.29 is 0 Å². The number of allylic oxidation sites excluding steroid dienone is 6. The highest BCUT2D eigenvalue weighted by Crippen LogP contribution is 2.01. The molecular weight excluding hydrogens is 186 g/mol.